The lowest BCUT2D eigenvalue weighted by Gasteiger charge is -2.22. The number of carbonyl (C=O) groups is 1. The zero-order valence-corrected chi connectivity index (χ0v) is 13.5. The van der Waals surface area contributed by atoms with Crippen LogP contribution >= 0.6 is 11.3 Å². The van der Waals surface area contributed by atoms with Crippen molar-refractivity contribution >= 4 is 17.2 Å². The molecule has 0 radical (unpaired) electrons. The van der Waals surface area contributed by atoms with Crippen molar-refractivity contribution in [1.29, 1.82) is 0 Å². The lowest BCUT2D eigenvalue weighted by molar-refractivity contribution is -0.120. The van der Waals surface area contributed by atoms with Crippen LogP contribution in [0.1, 0.15) is 50.2 Å². The van der Waals surface area contributed by atoms with Gasteiger partial charge >= 0.3 is 0 Å². The number of hydrogen-bond acceptors (Lipinski definition) is 4. The largest absolute Gasteiger partial charge is 0.354 e. The number of aromatic nitrogens is 1. The minimum absolute atomic E-state index is 0.0913. The number of amides is 1. The molecule has 4 nitrogen and oxygen atoms in total. The second kappa shape index (κ2) is 7.18. The summed E-state index contributed by atoms with van der Waals surface area (Å²) in [6.45, 7) is 9.45. The molecule has 20 heavy (non-hydrogen) atoms. The maximum atomic E-state index is 12.0. The van der Waals surface area contributed by atoms with E-state index in [1.54, 1.807) is 11.3 Å². The van der Waals surface area contributed by atoms with E-state index in [1.807, 2.05) is 5.38 Å². The third kappa shape index (κ3) is 4.03. The lowest BCUT2D eigenvalue weighted by Crippen LogP contribution is -2.40. The molecule has 2 heterocycles. The van der Waals surface area contributed by atoms with Crippen LogP contribution in [0, 0.1) is 0 Å². The van der Waals surface area contributed by atoms with E-state index in [2.05, 4.69) is 36.0 Å². The van der Waals surface area contributed by atoms with Gasteiger partial charge in [0.1, 0.15) is 0 Å². The average Bonchev–Trinajstić information content (AvgIpc) is 3.04. The predicted octanol–water partition coefficient (Wildman–Crippen LogP) is 2.41. The van der Waals surface area contributed by atoms with Gasteiger partial charge in [-0.3, -0.25) is 9.69 Å². The van der Waals surface area contributed by atoms with E-state index < -0.39 is 0 Å². The summed E-state index contributed by atoms with van der Waals surface area (Å²) >= 11 is 1.65. The molecule has 0 aliphatic carbocycles. The highest BCUT2D eigenvalue weighted by Crippen LogP contribution is 2.19. The monoisotopic (exact) mass is 295 g/mol. The highest BCUT2D eigenvalue weighted by Gasteiger charge is 2.23. The number of hydrogen-bond donors (Lipinski definition) is 1. The molecular formula is C15H25N3OS. The van der Waals surface area contributed by atoms with E-state index in [1.165, 1.54) is 19.4 Å². The number of nitrogens with one attached hydrogen (secondary N) is 1. The van der Waals surface area contributed by atoms with Gasteiger partial charge in [-0.05, 0) is 25.9 Å². The normalized spacial score (nSPS) is 19.7. The van der Waals surface area contributed by atoms with E-state index in [9.17, 15) is 4.79 Å². The van der Waals surface area contributed by atoms with Crippen molar-refractivity contribution in [3.8, 4) is 0 Å². The molecule has 1 aromatic heterocycles. The maximum Gasteiger partial charge on any atom is 0.226 e. The quantitative estimate of drug-likeness (QED) is 0.876. The number of nitrogens with zero attached hydrogens (tertiary/aromatic N) is 2. The van der Waals surface area contributed by atoms with Crippen molar-refractivity contribution in [3.05, 3.63) is 16.1 Å². The molecular weight excluding hydrogens is 270 g/mol. The summed E-state index contributed by atoms with van der Waals surface area (Å²) in [6.07, 6.45) is 2.85. The number of likely N-dealkylation sites (tertiary alicyclic amines) is 1. The van der Waals surface area contributed by atoms with Crippen LogP contribution in [0.25, 0.3) is 0 Å². The number of likely N-dealkylation sites (N-methyl/N-ethyl adjacent to an activating group) is 1. The van der Waals surface area contributed by atoms with Gasteiger partial charge in [0.05, 0.1) is 17.1 Å². The molecule has 1 amide bonds. The third-order valence-corrected chi connectivity index (χ3v) is 5.04. The standard InChI is InChI=1S/C15H25N3OS/c1-4-18-7-5-6-13(18)9-16-14(19)8-12-10-20-15(17-12)11(2)3/h10-11,13H,4-9H2,1-3H3,(H,16,19)/t13-/m0/s1. The molecule has 0 spiro atoms. The second-order valence-corrected chi connectivity index (χ2v) is 6.63. The van der Waals surface area contributed by atoms with Gasteiger partial charge in [-0.15, -0.1) is 11.3 Å². The molecule has 1 aliphatic heterocycles. The topological polar surface area (TPSA) is 45.2 Å². The zero-order valence-electron chi connectivity index (χ0n) is 12.7. The molecule has 1 N–H and O–H groups in total. The first-order chi connectivity index (χ1) is 9.60. The van der Waals surface area contributed by atoms with Gasteiger partial charge < -0.3 is 5.32 Å². The summed E-state index contributed by atoms with van der Waals surface area (Å²) in [6, 6.07) is 0.519. The Hall–Kier alpha value is -0.940. The molecule has 0 aromatic carbocycles. The number of rotatable bonds is 6. The highest BCUT2D eigenvalue weighted by atomic mass is 32.1. The van der Waals surface area contributed by atoms with Gasteiger partial charge in [-0.25, -0.2) is 4.98 Å². The van der Waals surface area contributed by atoms with Crippen LogP contribution in [-0.4, -0.2) is 41.5 Å². The Balaban J connectivity index is 1.77. The fourth-order valence-electron chi connectivity index (χ4n) is 2.67. The van der Waals surface area contributed by atoms with Crippen molar-refractivity contribution in [2.24, 2.45) is 0 Å². The van der Waals surface area contributed by atoms with Crippen molar-refractivity contribution in [2.75, 3.05) is 19.6 Å². The summed E-state index contributed by atoms with van der Waals surface area (Å²) < 4.78 is 0. The van der Waals surface area contributed by atoms with E-state index in [0.717, 1.165) is 23.8 Å². The van der Waals surface area contributed by atoms with Crippen LogP contribution in [-0.2, 0) is 11.2 Å². The van der Waals surface area contributed by atoms with Crippen LogP contribution in [0.5, 0.6) is 0 Å². The summed E-state index contributed by atoms with van der Waals surface area (Å²) in [5.41, 5.74) is 0.898. The van der Waals surface area contributed by atoms with Crippen molar-refractivity contribution < 1.29 is 4.79 Å². The second-order valence-electron chi connectivity index (χ2n) is 5.74. The summed E-state index contributed by atoms with van der Waals surface area (Å²) in [5, 5.41) is 6.17. The fourth-order valence-corrected chi connectivity index (χ4v) is 3.51. The molecule has 2 rings (SSSR count). The van der Waals surface area contributed by atoms with Gasteiger partial charge in [0.25, 0.3) is 0 Å². The van der Waals surface area contributed by atoms with Gasteiger partial charge in [-0.1, -0.05) is 20.8 Å². The Morgan fingerprint density at radius 3 is 3.05 bits per heavy atom. The molecule has 1 saturated heterocycles. The van der Waals surface area contributed by atoms with Crippen molar-refractivity contribution in [1.82, 2.24) is 15.2 Å². The Morgan fingerprint density at radius 1 is 1.60 bits per heavy atom. The molecule has 5 heteroatoms. The molecule has 0 saturated carbocycles. The number of carbonyl (C=O) groups excluding carboxylic acids is 1. The Bertz CT molecular complexity index is 444. The molecule has 112 valence electrons. The molecule has 0 bridgehead atoms. The smallest absolute Gasteiger partial charge is 0.226 e. The Kier molecular flexibility index (Phi) is 5.54. The Morgan fingerprint density at radius 2 is 2.40 bits per heavy atom. The van der Waals surface area contributed by atoms with Crippen LogP contribution in [0.15, 0.2) is 5.38 Å². The van der Waals surface area contributed by atoms with Gasteiger partial charge in [-0.2, -0.15) is 0 Å². The van der Waals surface area contributed by atoms with E-state index in [0.29, 0.717) is 18.4 Å². The van der Waals surface area contributed by atoms with E-state index in [-0.39, 0.29) is 5.91 Å². The third-order valence-electron chi connectivity index (χ3n) is 3.85. The van der Waals surface area contributed by atoms with Crippen molar-refractivity contribution in [2.45, 2.75) is 52.0 Å². The molecule has 1 atom stereocenters. The number of thiazole rings is 1. The zero-order chi connectivity index (χ0) is 14.5. The molecule has 1 aromatic rings. The first-order valence-electron chi connectivity index (χ1n) is 7.55. The Labute approximate surface area is 125 Å². The summed E-state index contributed by atoms with van der Waals surface area (Å²) in [4.78, 5) is 18.9. The van der Waals surface area contributed by atoms with E-state index in [4.69, 9.17) is 0 Å². The SMILES string of the molecule is CCN1CCC[C@H]1CNC(=O)Cc1csc(C(C)C)n1. The fraction of sp³-hybridized carbons (Fsp3) is 0.733. The maximum absolute atomic E-state index is 12.0. The van der Waals surface area contributed by atoms with Gasteiger partial charge in [0, 0.05) is 23.9 Å². The van der Waals surface area contributed by atoms with Gasteiger partial charge in [0.15, 0.2) is 0 Å². The first-order valence-corrected chi connectivity index (χ1v) is 8.43. The van der Waals surface area contributed by atoms with Crippen LogP contribution in [0.2, 0.25) is 0 Å². The minimum Gasteiger partial charge on any atom is -0.354 e. The van der Waals surface area contributed by atoms with Crippen LogP contribution < -0.4 is 5.32 Å². The lowest BCUT2D eigenvalue weighted by atomic mass is 10.2. The average molecular weight is 295 g/mol. The molecule has 0 unspecified atom stereocenters. The minimum atomic E-state index is 0.0913. The first kappa shape index (κ1) is 15.4. The summed E-state index contributed by atoms with van der Waals surface area (Å²) in [5.74, 6) is 0.530. The van der Waals surface area contributed by atoms with Crippen LogP contribution in [0.3, 0.4) is 0 Å². The van der Waals surface area contributed by atoms with Crippen molar-refractivity contribution in [3.63, 3.8) is 0 Å². The summed E-state index contributed by atoms with van der Waals surface area (Å²) in [7, 11) is 0. The molecule has 1 fully saturated rings. The molecule has 1 aliphatic rings. The predicted molar refractivity (Wildman–Crippen MR) is 83.2 cm³/mol. The van der Waals surface area contributed by atoms with Crippen LogP contribution in [0.4, 0.5) is 0 Å². The highest BCUT2D eigenvalue weighted by molar-refractivity contribution is 7.09. The van der Waals surface area contributed by atoms with E-state index >= 15 is 0 Å². The van der Waals surface area contributed by atoms with Gasteiger partial charge in [0.2, 0.25) is 5.91 Å².